The zero-order chi connectivity index (χ0) is 26.8. The van der Waals surface area contributed by atoms with Crippen molar-refractivity contribution in [2.75, 3.05) is 11.1 Å². The van der Waals surface area contributed by atoms with Crippen LogP contribution < -0.4 is 21.1 Å². The van der Waals surface area contributed by atoms with Gasteiger partial charge in [0.15, 0.2) is 17.5 Å². The molecule has 2 aromatic carbocycles. The Labute approximate surface area is 206 Å². The molecule has 9 nitrogen and oxygen atoms in total. The van der Waals surface area contributed by atoms with E-state index in [4.69, 9.17) is 10.5 Å². The Balaban J connectivity index is 1.77. The molecule has 2 aromatic rings. The average Bonchev–Trinajstić information content (AvgIpc) is 3.16. The molecule has 0 aromatic heterocycles. The van der Waals surface area contributed by atoms with Crippen molar-refractivity contribution in [3.63, 3.8) is 0 Å². The highest BCUT2D eigenvalue weighted by atomic mass is 32.2. The molecule has 0 bridgehead atoms. The number of amides is 2. The van der Waals surface area contributed by atoms with Crippen LogP contribution in [0.15, 0.2) is 35.2 Å². The SMILES string of the molecule is CC(C)(C)OC(=O)N[C@@H]1CCC[C@@H]1NS(=O)(=O)c1cc(C(=O)Nc2cc(F)c(F)c(F)c2)ccc1N. The molecule has 1 aliphatic carbocycles. The number of hydrogen-bond donors (Lipinski definition) is 4. The minimum absolute atomic E-state index is 0.146. The van der Waals surface area contributed by atoms with Crippen molar-refractivity contribution in [3.8, 4) is 0 Å². The van der Waals surface area contributed by atoms with E-state index in [9.17, 15) is 31.2 Å². The summed E-state index contributed by atoms with van der Waals surface area (Å²) >= 11 is 0. The monoisotopic (exact) mass is 528 g/mol. The summed E-state index contributed by atoms with van der Waals surface area (Å²) in [6, 6.07) is 3.43. The molecule has 0 spiro atoms. The zero-order valence-corrected chi connectivity index (χ0v) is 20.6. The largest absolute Gasteiger partial charge is 0.444 e. The summed E-state index contributed by atoms with van der Waals surface area (Å²) in [5.74, 6) is -5.59. The van der Waals surface area contributed by atoms with Gasteiger partial charge in [-0.2, -0.15) is 0 Å². The predicted molar refractivity (Wildman–Crippen MR) is 126 cm³/mol. The number of nitrogens with two attached hydrogens (primary N) is 1. The molecule has 1 saturated carbocycles. The van der Waals surface area contributed by atoms with Crippen LogP contribution >= 0.6 is 0 Å². The highest BCUT2D eigenvalue weighted by molar-refractivity contribution is 7.89. The molecule has 2 amide bonds. The van der Waals surface area contributed by atoms with Gasteiger partial charge in [-0.3, -0.25) is 4.79 Å². The number of hydrogen-bond acceptors (Lipinski definition) is 6. The maximum absolute atomic E-state index is 13.4. The number of carbonyl (C=O) groups is 2. The van der Waals surface area contributed by atoms with E-state index in [-0.39, 0.29) is 16.9 Å². The quantitative estimate of drug-likeness (QED) is 0.333. The van der Waals surface area contributed by atoms with Gasteiger partial charge in [-0.1, -0.05) is 0 Å². The maximum atomic E-state index is 13.4. The summed E-state index contributed by atoms with van der Waals surface area (Å²) in [6.07, 6.45) is 0.943. The van der Waals surface area contributed by atoms with E-state index >= 15 is 0 Å². The molecule has 0 unspecified atom stereocenters. The summed E-state index contributed by atoms with van der Waals surface area (Å²) in [5.41, 5.74) is 4.45. The van der Waals surface area contributed by atoms with Gasteiger partial charge < -0.3 is 21.1 Å². The summed E-state index contributed by atoms with van der Waals surface area (Å²) in [7, 11) is -4.24. The Hall–Kier alpha value is -3.32. The number of benzene rings is 2. The zero-order valence-electron chi connectivity index (χ0n) is 19.8. The minimum Gasteiger partial charge on any atom is -0.444 e. The van der Waals surface area contributed by atoms with Crippen molar-refractivity contribution in [2.24, 2.45) is 0 Å². The van der Waals surface area contributed by atoms with E-state index in [2.05, 4.69) is 15.4 Å². The molecule has 0 aliphatic heterocycles. The molecule has 1 aliphatic rings. The summed E-state index contributed by atoms with van der Waals surface area (Å²) in [4.78, 5) is 24.3. The Kier molecular flexibility index (Phi) is 7.84. The average molecular weight is 529 g/mol. The first-order chi connectivity index (χ1) is 16.7. The number of ether oxygens (including phenoxy) is 1. The molecule has 3 rings (SSSR count). The van der Waals surface area contributed by atoms with Crippen molar-refractivity contribution in [1.29, 1.82) is 0 Å². The lowest BCUT2D eigenvalue weighted by Crippen LogP contribution is -2.49. The first kappa shape index (κ1) is 27.3. The van der Waals surface area contributed by atoms with Crippen molar-refractivity contribution in [1.82, 2.24) is 10.0 Å². The fraction of sp³-hybridized carbons (Fsp3) is 0.391. The molecule has 0 radical (unpaired) electrons. The second-order valence-electron chi connectivity index (χ2n) is 9.37. The Morgan fingerprint density at radius 3 is 2.25 bits per heavy atom. The molecule has 2 atom stereocenters. The second kappa shape index (κ2) is 10.3. The highest BCUT2D eigenvalue weighted by Crippen LogP contribution is 2.26. The van der Waals surface area contributed by atoms with Gasteiger partial charge in [0.2, 0.25) is 10.0 Å². The topological polar surface area (TPSA) is 140 Å². The lowest BCUT2D eigenvalue weighted by Gasteiger charge is -2.25. The van der Waals surface area contributed by atoms with Gasteiger partial charge >= 0.3 is 6.09 Å². The molecule has 36 heavy (non-hydrogen) atoms. The molecule has 13 heteroatoms. The van der Waals surface area contributed by atoms with E-state index in [1.165, 1.54) is 12.1 Å². The third-order valence-electron chi connectivity index (χ3n) is 5.33. The standard InChI is InChI=1S/C23H27F3N4O5S/c1-23(2,3)35-22(32)29-17-5-4-6-18(17)30-36(33,34)19-9-12(7-8-16(19)27)21(31)28-13-10-14(24)20(26)15(25)11-13/h7-11,17-18,30H,4-6,27H2,1-3H3,(H,28,31)(H,29,32)/t17-,18+/m1/s1. The number of rotatable bonds is 6. The number of nitrogens with one attached hydrogen (secondary N) is 3. The number of sulfonamides is 1. The maximum Gasteiger partial charge on any atom is 0.407 e. The lowest BCUT2D eigenvalue weighted by atomic mass is 10.2. The van der Waals surface area contributed by atoms with Crippen molar-refractivity contribution < 1.29 is 35.9 Å². The van der Waals surface area contributed by atoms with Crippen LogP contribution in [-0.2, 0) is 14.8 Å². The number of nitrogen functional groups attached to an aromatic ring is 1. The molecule has 1 fully saturated rings. The first-order valence-corrected chi connectivity index (χ1v) is 12.5. The third-order valence-corrected chi connectivity index (χ3v) is 6.88. The number of anilines is 2. The third kappa shape index (κ3) is 6.66. The van der Waals surface area contributed by atoms with E-state index in [0.29, 0.717) is 31.4 Å². The van der Waals surface area contributed by atoms with Gasteiger partial charge in [-0.15, -0.1) is 0 Å². The Morgan fingerprint density at radius 2 is 1.64 bits per heavy atom. The van der Waals surface area contributed by atoms with Crippen LogP contribution in [0.4, 0.5) is 29.3 Å². The van der Waals surface area contributed by atoms with Crippen LogP contribution in [0.25, 0.3) is 0 Å². The van der Waals surface area contributed by atoms with E-state index in [0.717, 1.165) is 6.07 Å². The molecular formula is C23H27F3N4O5S. The lowest BCUT2D eigenvalue weighted by molar-refractivity contribution is 0.0499. The summed E-state index contributed by atoms with van der Waals surface area (Å²) < 4.78 is 74.0. The fourth-order valence-corrected chi connectivity index (χ4v) is 5.20. The van der Waals surface area contributed by atoms with Gasteiger partial charge in [0.1, 0.15) is 10.5 Å². The number of alkyl carbamates (subject to hydrolysis) is 1. The van der Waals surface area contributed by atoms with Crippen LogP contribution in [0.5, 0.6) is 0 Å². The fourth-order valence-electron chi connectivity index (χ4n) is 3.73. The summed E-state index contributed by atoms with van der Waals surface area (Å²) in [6.45, 7) is 5.11. The van der Waals surface area contributed by atoms with Crippen LogP contribution in [0.1, 0.15) is 50.4 Å². The van der Waals surface area contributed by atoms with Gasteiger partial charge in [0.25, 0.3) is 5.91 Å². The Bertz CT molecular complexity index is 1260. The first-order valence-electron chi connectivity index (χ1n) is 11.0. The van der Waals surface area contributed by atoms with Crippen LogP contribution in [0.2, 0.25) is 0 Å². The minimum atomic E-state index is -4.24. The van der Waals surface area contributed by atoms with Crippen molar-refractivity contribution in [2.45, 2.75) is 62.6 Å². The van der Waals surface area contributed by atoms with E-state index in [1.54, 1.807) is 20.8 Å². The molecule has 5 N–H and O–H groups in total. The van der Waals surface area contributed by atoms with Gasteiger partial charge in [-0.25, -0.2) is 31.1 Å². The van der Waals surface area contributed by atoms with Gasteiger partial charge in [0, 0.05) is 35.5 Å². The van der Waals surface area contributed by atoms with Gasteiger partial charge in [0.05, 0.1) is 5.69 Å². The van der Waals surface area contributed by atoms with Crippen molar-refractivity contribution >= 4 is 33.4 Å². The second-order valence-corrected chi connectivity index (χ2v) is 11.1. The number of carbonyl (C=O) groups excluding carboxylic acids is 2. The number of halogens is 3. The van der Waals surface area contributed by atoms with Crippen LogP contribution in [0.3, 0.4) is 0 Å². The van der Waals surface area contributed by atoms with Crippen molar-refractivity contribution in [3.05, 3.63) is 53.3 Å². The van der Waals surface area contributed by atoms with Gasteiger partial charge in [-0.05, 0) is 58.2 Å². The van der Waals surface area contributed by atoms with E-state index in [1.807, 2.05) is 0 Å². The van der Waals surface area contributed by atoms with Crippen LogP contribution in [0, 0.1) is 17.5 Å². The molecule has 0 heterocycles. The smallest absolute Gasteiger partial charge is 0.407 e. The molecule has 0 saturated heterocycles. The predicted octanol–water partition coefficient (Wildman–Crippen LogP) is 3.66. The Morgan fingerprint density at radius 1 is 1.03 bits per heavy atom. The molecular weight excluding hydrogens is 501 g/mol. The molecule has 196 valence electrons. The van der Waals surface area contributed by atoms with Crippen LogP contribution in [-0.4, -0.2) is 38.1 Å². The highest BCUT2D eigenvalue weighted by Gasteiger charge is 2.34. The normalized spacial score (nSPS) is 18.1. The summed E-state index contributed by atoms with van der Waals surface area (Å²) in [5, 5.41) is 4.86. The van der Waals surface area contributed by atoms with E-state index < -0.39 is 62.1 Å².